The first-order chi connectivity index (χ1) is 6.70. The molecule has 1 aliphatic carbocycles. The summed E-state index contributed by atoms with van der Waals surface area (Å²) in [4.78, 5) is 5.47. The molecule has 1 aliphatic heterocycles. The molecule has 14 heavy (non-hydrogen) atoms. The van der Waals surface area contributed by atoms with Gasteiger partial charge in [0.15, 0.2) is 0 Å². The Labute approximate surface area is 91.3 Å². The number of alkyl halides is 1. The summed E-state index contributed by atoms with van der Waals surface area (Å²) >= 11 is 6.38. The Morgan fingerprint density at radius 1 is 1.21 bits per heavy atom. The summed E-state index contributed by atoms with van der Waals surface area (Å²) in [5.74, 6) is 1.18. The van der Waals surface area contributed by atoms with Crippen LogP contribution in [-0.4, -0.2) is 17.5 Å². The first kappa shape index (κ1) is 10.7. The fraction of sp³-hybridized carbons (Fsp3) is 1.00. The molecule has 2 nitrogen and oxygen atoms in total. The van der Waals surface area contributed by atoms with E-state index in [4.69, 9.17) is 16.4 Å². The lowest BCUT2D eigenvalue weighted by atomic mass is 9.78. The van der Waals surface area contributed by atoms with Gasteiger partial charge in [0.2, 0.25) is 0 Å². The molecule has 0 radical (unpaired) electrons. The molecule has 2 rings (SSSR count). The van der Waals surface area contributed by atoms with Crippen molar-refractivity contribution in [3.63, 3.8) is 0 Å². The minimum absolute atomic E-state index is 0.325. The molecule has 2 fully saturated rings. The van der Waals surface area contributed by atoms with Crippen molar-refractivity contribution in [3.05, 3.63) is 0 Å². The lowest BCUT2D eigenvalue weighted by molar-refractivity contribution is 0.0251. The van der Waals surface area contributed by atoms with Gasteiger partial charge in [0, 0.05) is 17.3 Å². The lowest BCUT2D eigenvalue weighted by Crippen LogP contribution is -2.40. The Morgan fingerprint density at radius 2 is 1.93 bits per heavy atom. The molecule has 0 bridgehead atoms. The normalized spacial score (nSPS) is 49.5. The molecule has 1 N–H and O–H groups in total. The summed E-state index contributed by atoms with van der Waals surface area (Å²) in [7, 11) is 0. The van der Waals surface area contributed by atoms with Crippen molar-refractivity contribution < 1.29 is 4.84 Å². The molecule has 0 aromatic heterocycles. The van der Waals surface area contributed by atoms with Crippen molar-refractivity contribution in [2.45, 2.75) is 57.1 Å². The van der Waals surface area contributed by atoms with Crippen LogP contribution in [0.1, 0.15) is 39.5 Å². The highest BCUT2D eigenvalue weighted by Crippen LogP contribution is 2.36. The van der Waals surface area contributed by atoms with E-state index in [1.165, 1.54) is 25.7 Å². The monoisotopic (exact) mass is 217 g/mol. The number of hydrogen-bond donors (Lipinski definition) is 1. The van der Waals surface area contributed by atoms with E-state index in [0.29, 0.717) is 29.4 Å². The van der Waals surface area contributed by atoms with Crippen molar-refractivity contribution in [3.8, 4) is 0 Å². The molecule has 0 spiro atoms. The van der Waals surface area contributed by atoms with Crippen molar-refractivity contribution in [2.24, 2.45) is 11.8 Å². The molecular formula is C11H20ClNO. The summed E-state index contributed by atoms with van der Waals surface area (Å²) in [6, 6.07) is 0.466. The van der Waals surface area contributed by atoms with Gasteiger partial charge in [-0.2, -0.15) is 5.48 Å². The van der Waals surface area contributed by atoms with Crippen LogP contribution in [0.4, 0.5) is 0 Å². The summed E-state index contributed by atoms with van der Waals surface area (Å²) in [6.07, 6.45) is 5.37. The average molecular weight is 218 g/mol. The van der Waals surface area contributed by atoms with Crippen molar-refractivity contribution in [1.82, 2.24) is 5.48 Å². The van der Waals surface area contributed by atoms with Gasteiger partial charge in [-0.15, -0.1) is 11.6 Å². The van der Waals surface area contributed by atoms with Gasteiger partial charge in [0.1, 0.15) is 0 Å². The van der Waals surface area contributed by atoms with Gasteiger partial charge in [0.25, 0.3) is 0 Å². The Kier molecular flexibility index (Phi) is 3.35. The van der Waals surface area contributed by atoms with E-state index in [1.807, 2.05) is 0 Å². The fourth-order valence-corrected chi connectivity index (χ4v) is 3.13. The van der Waals surface area contributed by atoms with Crippen LogP contribution in [0.25, 0.3) is 0 Å². The van der Waals surface area contributed by atoms with Crippen molar-refractivity contribution in [2.75, 3.05) is 0 Å². The highest BCUT2D eigenvalue weighted by molar-refractivity contribution is 6.20. The molecule has 2 aliphatic rings. The largest absolute Gasteiger partial charge is 0.298 e. The molecule has 0 aromatic rings. The number of halogens is 1. The van der Waals surface area contributed by atoms with Crippen LogP contribution in [0, 0.1) is 11.8 Å². The SMILES string of the molecule is CC1ONC(C2CCCCC2Cl)C1C. The molecule has 82 valence electrons. The first-order valence-corrected chi connectivity index (χ1v) is 6.19. The number of hydrogen-bond acceptors (Lipinski definition) is 2. The third-order valence-electron chi connectivity index (χ3n) is 3.89. The lowest BCUT2D eigenvalue weighted by Gasteiger charge is -2.33. The Balaban J connectivity index is 1.99. The van der Waals surface area contributed by atoms with Gasteiger partial charge in [-0.05, 0) is 25.7 Å². The van der Waals surface area contributed by atoms with Crippen LogP contribution in [0.15, 0.2) is 0 Å². The van der Waals surface area contributed by atoms with E-state index < -0.39 is 0 Å². The van der Waals surface area contributed by atoms with Crippen LogP contribution < -0.4 is 5.48 Å². The van der Waals surface area contributed by atoms with Gasteiger partial charge in [-0.25, -0.2) is 0 Å². The predicted molar refractivity (Wildman–Crippen MR) is 58.2 cm³/mol. The van der Waals surface area contributed by atoms with Gasteiger partial charge in [-0.3, -0.25) is 4.84 Å². The van der Waals surface area contributed by atoms with Gasteiger partial charge in [0.05, 0.1) is 6.10 Å². The van der Waals surface area contributed by atoms with E-state index in [0.717, 1.165) is 0 Å². The second-order valence-corrected chi connectivity index (χ2v) is 5.35. The molecule has 3 heteroatoms. The zero-order chi connectivity index (χ0) is 10.1. The number of rotatable bonds is 1. The number of nitrogens with one attached hydrogen (secondary N) is 1. The van der Waals surface area contributed by atoms with E-state index in [9.17, 15) is 0 Å². The maximum atomic E-state index is 6.38. The average Bonchev–Trinajstić information content (AvgIpc) is 2.49. The predicted octanol–water partition coefficient (Wildman–Crippen LogP) is 2.71. The maximum Gasteiger partial charge on any atom is 0.0803 e. The van der Waals surface area contributed by atoms with Crippen LogP contribution in [-0.2, 0) is 4.84 Å². The quantitative estimate of drug-likeness (QED) is 0.682. The second kappa shape index (κ2) is 4.38. The maximum absolute atomic E-state index is 6.38. The Hall–Kier alpha value is 0.210. The standard InChI is InChI=1S/C11H20ClNO/c1-7-8(2)14-13-11(7)9-5-3-4-6-10(9)12/h7-11,13H,3-6H2,1-2H3. The van der Waals surface area contributed by atoms with Crippen LogP contribution in [0.3, 0.4) is 0 Å². The summed E-state index contributed by atoms with van der Waals surface area (Å²) in [6.45, 7) is 4.39. The van der Waals surface area contributed by atoms with E-state index >= 15 is 0 Å². The minimum Gasteiger partial charge on any atom is -0.298 e. The molecule has 1 saturated heterocycles. The molecule has 0 amide bonds. The minimum atomic E-state index is 0.325. The second-order valence-electron chi connectivity index (χ2n) is 4.79. The summed E-state index contributed by atoms with van der Waals surface area (Å²) < 4.78 is 0. The van der Waals surface area contributed by atoms with Crippen LogP contribution in [0.2, 0.25) is 0 Å². The van der Waals surface area contributed by atoms with E-state index in [2.05, 4.69) is 19.3 Å². The van der Waals surface area contributed by atoms with Gasteiger partial charge in [-0.1, -0.05) is 19.8 Å². The Morgan fingerprint density at radius 3 is 2.50 bits per heavy atom. The van der Waals surface area contributed by atoms with Crippen molar-refractivity contribution in [1.29, 1.82) is 0 Å². The first-order valence-electron chi connectivity index (χ1n) is 5.75. The molecule has 5 unspecified atom stereocenters. The zero-order valence-corrected chi connectivity index (χ0v) is 9.76. The smallest absolute Gasteiger partial charge is 0.0803 e. The molecular weight excluding hydrogens is 198 g/mol. The number of hydroxylamine groups is 1. The van der Waals surface area contributed by atoms with Gasteiger partial charge < -0.3 is 0 Å². The molecule has 5 atom stereocenters. The summed E-state index contributed by atoms with van der Waals surface area (Å²) in [5.41, 5.74) is 3.17. The Bertz CT molecular complexity index is 198. The fourth-order valence-electron chi connectivity index (χ4n) is 2.69. The molecule has 1 saturated carbocycles. The van der Waals surface area contributed by atoms with Gasteiger partial charge >= 0.3 is 0 Å². The highest BCUT2D eigenvalue weighted by atomic mass is 35.5. The topological polar surface area (TPSA) is 21.3 Å². The third-order valence-corrected chi connectivity index (χ3v) is 4.43. The zero-order valence-electron chi connectivity index (χ0n) is 9.00. The molecule has 1 heterocycles. The van der Waals surface area contributed by atoms with E-state index in [-0.39, 0.29) is 0 Å². The van der Waals surface area contributed by atoms with E-state index in [1.54, 1.807) is 0 Å². The van der Waals surface area contributed by atoms with Crippen LogP contribution >= 0.6 is 11.6 Å². The third kappa shape index (κ3) is 1.93. The van der Waals surface area contributed by atoms with Crippen molar-refractivity contribution >= 4 is 11.6 Å². The highest BCUT2D eigenvalue weighted by Gasteiger charge is 2.40. The summed E-state index contributed by atoms with van der Waals surface area (Å²) in [5, 5.41) is 0.345. The molecule has 0 aromatic carbocycles. The van der Waals surface area contributed by atoms with Crippen LogP contribution in [0.5, 0.6) is 0 Å².